The van der Waals surface area contributed by atoms with E-state index in [1.807, 2.05) is 0 Å². The van der Waals surface area contributed by atoms with E-state index in [0.29, 0.717) is 11.4 Å². The first kappa shape index (κ1) is 15.0. The Morgan fingerprint density at radius 2 is 2.00 bits per heavy atom. The van der Waals surface area contributed by atoms with Crippen LogP contribution in [0.3, 0.4) is 0 Å². The summed E-state index contributed by atoms with van der Waals surface area (Å²) in [6.07, 6.45) is 0. The summed E-state index contributed by atoms with van der Waals surface area (Å²) in [6, 6.07) is 6.92. The van der Waals surface area contributed by atoms with Crippen LogP contribution in [0, 0.1) is 6.92 Å². The molecule has 21 heavy (non-hydrogen) atoms. The number of hydrogen-bond donors (Lipinski definition) is 3. The molecule has 0 spiro atoms. The standard InChI is InChI=1S/C12H13N3O5S/c1-8-6-11(14-20-8)15-21(18,19)10-4-2-9(3-5-10)13-12(17)7-16/h2-6,16H,7H2,1H3,(H,13,17)(H,14,15). The highest BCUT2D eigenvalue weighted by atomic mass is 32.2. The second-order valence-electron chi connectivity index (χ2n) is 4.16. The van der Waals surface area contributed by atoms with Gasteiger partial charge in [0, 0.05) is 11.8 Å². The summed E-state index contributed by atoms with van der Waals surface area (Å²) < 4.78 is 31.2. The lowest BCUT2D eigenvalue weighted by molar-refractivity contribution is -0.118. The largest absolute Gasteiger partial charge is 0.387 e. The molecule has 0 aliphatic heterocycles. The van der Waals surface area contributed by atoms with Crippen molar-refractivity contribution in [2.75, 3.05) is 16.6 Å². The maximum atomic E-state index is 12.1. The number of rotatable bonds is 5. The first-order chi connectivity index (χ1) is 9.90. The summed E-state index contributed by atoms with van der Waals surface area (Å²) in [4.78, 5) is 11.0. The number of sulfonamides is 1. The molecule has 0 radical (unpaired) electrons. The molecule has 0 fully saturated rings. The van der Waals surface area contributed by atoms with Gasteiger partial charge in [-0.25, -0.2) is 8.42 Å². The molecule has 1 heterocycles. The van der Waals surface area contributed by atoms with E-state index in [1.54, 1.807) is 6.92 Å². The number of anilines is 2. The fraction of sp³-hybridized carbons (Fsp3) is 0.167. The zero-order chi connectivity index (χ0) is 15.5. The quantitative estimate of drug-likeness (QED) is 0.748. The third-order valence-electron chi connectivity index (χ3n) is 2.46. The van der Waals surface area contributed by atoms with E-state index < -0.39 is 22.5 Å². The van der Waals surface area contributed by atoms with E-state index >= 15 is 0 Å². The normalized spacial score (nSPS) is 11.1. The van der Waals surface area contributed by atoms with Gasteiger partial charge in [0.15, 0.2) is 5.82 Å². The van der Waals surface area contributed by atoms with Crippen molar-refractivity contribution in [3.63, 3.8) is 0 Å². The van der Waals surface area contributed by atoms with Crippen molar-refractivity contribution in [2.24, 2.45) is 0 Å². The summed E-state index contributed by atoms with van der Waals surface area (Å²) >= 11 is 0. The number of amides is 1. The Morgan fingerprint density at radius 3 is 2.52 bits per heavy atom. The van der Waals surface area contributed by atoms with Crippen molar-refractivity contribution in [1.82, 2.24) is 5.16 Å². The minimum Gasteiger partial charge on any atom is -0.387 e. The molecule has 2 aromatic rings. The number of aliphatic hydroxyl groups excluding tert-OH is 1. The van der Waals surface area contributed by atoms with E-state index in [-0.39, 0.29) is 10.7 Å². The third kappa shape index (κ3) is 3.80. The van der Waals surface area contributed by atoms with Crippen molar-refractivity contribution < 1.29 is 22.8 Å². The monoisotopic (exact) mass is 311 g/mol. The van der Waals surface area contributed by atoms with E-state index in [9.17, 15) is 13.2 Å². The van der Waals surface area contributed by atoms with Crippen molar-refractivity contribution in [3.8, 4) is 0 Å². The Hall–Kier alpha value is -2.39. The summed E-state index contributed by atoms with van der Waals surface area (Å²) in [5.74, 6) is -0.0123. The molecule has 0 bridgehead atoms. The summed E-state index contributed by atoms with van der Waals surface area (Å²) in [6.45, 7) is 0.997. The van der Waals surface area contributed by atoms with Gasteiger partial charge in [0.05, 0.1) is 4.90 Å². The Labute approximate surface area is 120 Å². The fourth-order valence-corrected chi connectivity index (χ4v) is 2.51. The molecule has 0 saturated carbocycles. The molecule has 112 valence electrons. The average Bonchev–Trinajstić information content (AvgIpc) is 2.83. The molecule has 8 nitrogen and oxygen atoms in total. The number of carbonyl (C=O) groups is 1. The van der Waals surface area contributed by atoms with E-state index in [0.717, 1.165) is 0 Å². The predicted octanol–water partition coefficient (Wildman–Crippen LogP) is 0.715. The first-order valence-electron chi connectivity index (χ1n) is 5.87. The van der Waals surface area contributed by atoms with Gasteiger partial charge in [-0.05, 0) is 31.2 Å². The van der Waals surface area contributed by atoms with Gasteiger partial charge in [0.2, 0.25) is 5.91 Å². The van der Waals surface area contributed by atoms with Crippen LogP contribution in [0.4, 0.5) is 11.5 Å². The van der Waals surface area contributed by atoms with Crippen LogP contribution in [0.15, 0.2) is 39.8 Å². The number of nitrogens with zero attached hydrogens (tertiary/aromatic N) is 1. The lowest BCUT2D eigenvalue weighted by Gasteiger charge is -2.07. The molecule has 0 atom stereocenters. The number of nitrogens with one attached hydrogen (secondary N) is 2. The molecular weight excluding hydrogens is 298 g/mol. The van der Waals surface area contributed by atoms with Crippen LogP contribution in [-0.4, -0.2) is 31.2 Å². The van der Waals surface area contributed by atoms with Gasteiger partial charge in [-0.3, -0.25) is 9.52 Å². The Balaban J connectivity index is 2.15. The van der Waals surface area contributed by atoms with Gasteiger partial charge < -0.3 is 14.9 Å². The van der Waals surface area contributed by atoms with Gasteiger partial charge in [-0.1, -0.05) is 5.16 Å². The molecule has 0 aliphatic carbocycles. The molecule has 1 aromatic carbocycles. The van der Waals surface area contributed by atoms with Crippen LogP contribution >= 0.6 is 0 Å². The van der Waals surface area contributed by atoms with Crippen LogP contribution in [0.2, 0.25) is 0 Å². The highest BCUT2D eigenvalue weighted by Gasteiger charge is 2.16. The number of carbonyl (C=O) groups excluding carboxylic acids is 1. The van der Waals surface area contributed by atoms with Crippen LogP contribution in [-0.2, 0) is 14.8 Å². The minimum atomic E-state index is -3.79. The molecule has 3 N–H and O–H groups in total. The smallest absolute Gasteiger partial charge is 0.263 e. The summed E-state index contributed by atoms with van der Waals surface area (Å²) in [5, 5.41) is 14.5. The van der Waals surface area contributed by atoms with Gasteiger partial charge in [-0.2, -0.15) is 0 Å². The zero-order valence-electron chi connectivity index (χ0n) is 11.0. The maximum Gasteiger partial charge on any atom is 0.263 e. The minimum absolute atomic E-state index is 0.00477. The van der Waals surface area contributed by atoms with Crippen molar-refractivity contribution in [3.05, 3.63) is 36.1 Å². The van der Waals surface area contributed by atoms with E-state index in [4.69, 9.17) is 9.63 Å². The molecule has 1 amide bonds. The number of hydrogen-bond acceptors (Lipinski definition) is 6. The molecule has 0 aliphatic rings. The zero-order valence-corrected chi connectivity index (χ0v) is 11.8. The Morgan fingerprint density at radius 1 is 1.33 bits per heavy atom. The van der Waals surface area contributed by atoms with E-state index in [2.05, 4.69) is 15.2 Å². The molecule has 2 rings (SSSR count). The molecular formula is C12H13N3O5S. The second kappa shape index (κ2) is 5.94. The Bertz CT molecular complexity index is 737. The maximum absolute atomic E-state index is 12.1. The molecule has 9 heteroatoms. The first-order valence-corrected chi connectivity index (χ1v) is 7.36. The third-order valence-corrected chi connectivity index (χ3v) is 3.83. The van der Waals surface area contributed by atoms with Crippen LogP contribution < -0.4 is 10.0 Å². The summed E-state index contributed by atoms with van der Waals surface area (Å²) in [7, 11) is -3.79. The lowest BCUT2D eigenvalue weighted by Crippen LogP contribution is -2.16. The number of benzene rings is 1. The molecule has 0 saturated heterocycles. The van der Waals surface area contributed by atoms with Crippen molar-refractivity contribution >= 4 is 27.4 Å². The van der Waals surface area contributed by atoms with Gasteiger partial charge in [0.25, 0.3) is 10.0 Å². The topological polar surface area (TPSA) is 122 Å². The second-order valence-corrected chi connectivity index (χ2v) is 5.84. The Kier molecular flexibility index (Phi) is 4.24. The molecule has 1 aromatic heterocycles. The predicted molar refractivity (Wildman–Crippen MR) is 74.2 cm³/mol. The van der Waals surface area contributed by atoms with E-state index in [1.165, 1.54) is 30.3 Å². The van der Waals surface area contributed by atoms with Gasteiger partial charge in [-0.15, -0.1) is 0 Å². The fourth-order valence-electron chi connectivity index (χ4n) is 1.53. The highest BCUT2D eigenvalue weighted by Crippen LogP contribution is 2.18. The van der Waals surface area contributed by atoms with Gasteiger partial charge in [0.1, 0.15) is 12.4 Å². The van der Waals surface area contributed by atoms with Gasteiger partial charge >= 0.3 is 0 Å². The SMILES string of the molecule is Cc1cc(NS(=O)(=O)c2ccc(NC(=O)CO)cc2)no1. The van der Waals surface area contributed by atoms with Crippen molar-refractivity contribution in [1.29, 1.82) is 0 Å². The number of aryl methyl sites for hydroxylation is 1. The highest BCUT2D eigenvalue weighted by molar-refractivity contribution is 7.92. The number of aromatic nitrogens is 1. The summed E-state index contributed by atoms with van der Waals surface area (Å²) in [5.41, 5.74) is 0.380. The molecule has 0 unspecified atom stereocenters. The van der Waals surface area contributed by atoms with Crippen LogP contribution in [0.1, 0.15) is 5.76 Å². The lowest BCUT2D eigenvalue weighted by atomic mass is 10.3. The van der Waals surface area contributed by atoms with Crippen molar-refractivity contribution in [2.45, 2.75) is 11.8 Å². The van der Waals surface area contributed by atoms with Crippen LogP contribution in [0.25, 0.3) is 0 Å². The average molecular weight is 311 g/mol. The number of aliphatic hydroxyl groups is 1. The van der Waals surface area contributed by atoms with Crippen LogP contribution in [0.5, 0.6) is 0 Å².